The summed E-state index contributed by atoms with van der Waals surface area (Å²) in [4.78, 5) is 12.8. The largest absolute Gasteiger partial charge is 0.496 e. The molecule has 0 saturated carbocycles. The number of hydrazone groups is 1. The zero-order valence-electron chi connectivity index (χ0n) is 17.7. The molecule has 0 fully saturated rings. The molecule has 0 heterocycles. The number of carbonyl (C=O) groups is 1. The van der Waals surface area contributed by atoms with E-state index in [0.29, 0.717) is 23.7 Å². The number of hydrogen-bond donors (Lipinski definition) is 1. The molecule has 4 aromatic rings. The Bertz CT molecular complexity index is 1320. The number of nitrogens with one attached hydrogen (secondary N) is 1. The van der Waals surface area contributed by atoms with Crippen LogP contribution >= 0.6 is 38.5 Å². The smallest absolute Gasteiger partial charge is 0.275 e. The fourth-order valence-corrected chi connectivity index (χ4v) is 4.02. The van der Waals surface area contributed by atoms with Crippen molar-refractivity contribution in [1.82, 2.24) is 5.43 Å². The van der Waals surface area contributed by atoms with Gasteiger partial charge in [-0.15, -0.1) is 0 Å². The third kappa shape index (κ3) is 5.91. The van der Waals surface area contributed by atoms with Gasteiger partial charge in [0, 0.05) is 13.6 Å². The highest BCUT2D eigenvalue weighted by Gasteiger charge is 2.13. The number of methoxy groups -OCH3 is 1. The van der Waals surface area contributed by atoms with Gasteiger partial charge in [-0.25, -0.2) is 5.43 Å². The third-order valence-corrected chi connectivity index (χ3v) is 6.17. The molecule has 0 aliphatic rings. The van der Waals surface area contributed by atoms with Gasteiger partial charge in [0.05, 0.1) is 18.9 Å². The Labute approximate surface area is 214 Å². The van der Waals surface area contributed by atoms with Crippen LogP contribution in [0.4, 0.5) is 0 Å². The van der Waals surface area contributed by atoms with Gasteiger partial charge in [0.1, 0.15) is 18.1 Å². The summed E-state index contributed by atoms with van der Waals surface area (Å²) in [6.45, 7) is 0.431. The molecule has 0 spiro atoms. The standard InChI is InChI=1S/C26H20BrIN2O3/c1-32-25-14-19-5-3-2-4-18(19)13-23(25)26(31)30-29-15-20-12-21(27)8-11-24(20)33-16-17-6-9-22(28)10-7-17/h2-15H,16H2,1H3,(H,30,31)/b29-15-. The molecule has 0 radical (unpaired) electrons. The highest BCUT2D eigenvalue weighted by atomic mass is 127. The molecule has 7 heteroatoms. The average Bonchev–Trinajstić information content (AvgIpc) is 2.83. The van der Waals surface area contributed by atoms with Crippen molar-refractivity contribution >= 4 is 61.4 Å². The Morgan fingerprint density at radius 1 is 1.00 bits per heavy atom. The molecule has 0 aliphatic heterocycles. The van der Waals surface area contributed by atoms with E-state index in [1.165, 1.54) is 3.57 Å². The quantitative estimate of drug-likeness (QED) is 0.146. The van der Waals surface area contributed by atoms with Crippen molar-refractivity contribution in [2.24, 2.45) is 5.10 Å². The molecule has 33 heavy (non-hydrogen) atoms. The van der Waals surface area contributed by atoms with Gasteiger partial charge in [0.25, 0.3) is 5.91 Å². The molecule has 0 aliphatic carbocycles. The molecule has 166 valence electrons. The van der Waals surface area contributed by atoms with Gasteiger partial charge < -0.3 is 9.47 Å². The summed E-state index contributed by atoms with van der Waals surface area (Å²) in [7, 11) is 1.54. The summed E-state index contributed by atoms with van der Waals surface area (Å²) in [5, 5.41) is 6.11. The minimum Gasteiger partial charge on any atom is -0.496 e. The summed E-state index contributed by atoms with van der Waals surface area (Å²) < 4.78 is 13.5. The van der Waals surface area contributed by atoms with E-state index in [9.17, 15) is 4.79 Å². The summed E-state index contributed by atoms with van der Waals surface area (Å²) in [5.41, 5.74) is 4.81. The Hall–Kier alpha value is -2.91. The van der Waals surface area contributed by atoms with Gasteiger partial charge in [-0.1, -0.05) is 52.3 Å². The van der Waals surface area contributed by atoms with E-state index in [2.05, 4.69) is 49.0 Å². The minimum atomic E-state index is -0.356. The van der Waals surface area contributed by atoms with Crippen LogP contribution in [0.1, 0.15) is 21.5 Å². The van der Waals surface area contributed by atoms with Gasteiger partial charge in [0.15, 0.2) is 0 Å². The third-order valence-electron chi connectivity index (χ3n) is 4.96. The molecule has 5 nitrogen and oxygen atoms in total. The highest BCUT2D eigenvalue weighted by molar-refractivity contribution is 14.1. The fraction of sp³-hybridized carbons (Fsp3) is 0.0769. The SMILES string of the molecule is COc1cc2ccccc2cc1C(=O)N/N=C\c1cc(Br)ccc1OCc1ccc(I)cc1. The summed E-state index contributed by atoms with van der Waals surface area (Å²) in [6, 6.07) is 25.3. The lowest BCUT2D eigenvalue weighted by Gasteiger charge is -2.11. The van der Waals surface area contributed by atoms with Gasteiger partial charge in [-0.3, -0.25) is 4.79 Å². The Morgan fingerprint density at radius 2 is 1.73 bits per heavy atom. The van der Waals surface area contributed by atoms with Crippen LogP contribution < -0.4 is 14.9 Å². The predicted octanol–water partition coefficient (Wildman–Crippen LogP) is 6.56. The van der Waals surface area contributed by atoms with E-state index in [1.807, 2.05) is 72.8 Å². The zero-order valence-corrected chi connectivity index (χ0v) is 21.5. The van der Waals surface area contributed by atoms with Crippen molar-refractivity contribution < 1.29 is 14.3 Å². The number of benzene rings is 4. The first-order chi connectivity index (χ1) is 16.0. The lowest BCUT2D eigenvalue weighted by molar-refractivity contribution is 0.0952. The lowest BCUT2D eigenvalue weighted by atomic mass is 10.1. The predicted molar refractivity (Wildman–Crippen MR) is 143 cm³/mol. The first-order valence-corrected chi connectivity index (χ1v) is 12.0. The maximum absolute atomic E-state index is 12.8. The zero-order chi connectivity index (χ0) is 23.2. The van der Waals surface area contributed by atoms with Crippen molar-refractivity contribution in [3.05, 3.63) is 104 Å². The van der Waals surface area contributed by atoms with Gasteiger partial charge in [0.2, 0.25) is 0 Å². The van der Waals surface area contributed by atoms with Crippen LogP contribution in [-0.4, -0.2) is 19.2 Å². The molecule has 0 atom stereocenters. The second-order valence-corrected chi connectivity index (χ2v) is 9.36. The monoisotopic (exact) mass is 614 g/mol. The van der Waals surface area contributed by atoms with Crippen molar-refractivity contribution in [3.8, 4) is 11.5 Å². The van der Waals surface area contributed by atoms with Crippen molar-refractivity contribution in [1.29, 1.82) is 0 Å². The Balaban J connectivity index is 1.50. The number of rotatable bonds is 7. The molecule has 0 saturated heterocycles. The molecule has 4 rings (SSSR count). The van der Waals surface area contributed by atoms with Crippen LogP contribution in [0.5, 0.6) is 11.5 Å². The molecule has 4 aromatic carbocycles. The van der Waals surface area contributed by atoms with E-state index in [4.69, 9.17) is 9.47 Å². The molecule has 0 unspecified atom stereocenters. The van der Waals surface area contributed by atoms with E-state index >= 15 is 0 Å². The molecule has 0 aromatic heterocycles. The molecule has 1 N–H and O–H groups in total. The van der Waals surface area contributed by atoms with E-state index in [1.54, 1.807) is 19.4 Å². The first-order valence-electron chi connectivity index (χ1n) is 10.1. The van der Waals surface area contributed by atoms with Crippen LogP contribution in [-0.2, 0) is 6.61 Å². The van der Waals surface area contributed by atoms with E-state index in [-0.39, 0.29) is 5.91 Å². The number of fused-ring (bicyclic) bond motifs is 1. The van der Waals surface area contributed by atoms with Crippen molar-refractivity contribution in [3.63, 3.8) is 0 Å². The topological polar surface area (TPSA) is 59.9 Å². The number of amides is 1. The number of halogens is 2. The fourth-order valence-electron chi connectivity index (χ4n) is 3.28. The van der Waals surface area contributed by atoms with Crippen molar-refractivity contribution in [2.75, 3.05) is 7.11 Å². The highest BCUT2D eigenvalue weighted by Crippen LogP contribution is 2.26. The van der Waals surface area contributed by atoms with Crippen LogP contribution in [0.2, 0.25) is 0 Å². The maximum atomic E-state index is 12.8. The van der Waals surface area contributed by atoms with Gasteiger partial charge in [-0.2, -0.15) is 5.10 Å². The number of nitrogens with zero attached hydrogens (tertiary/aromatic N) is 1. The average molecular weight is 615 g/mol. The lowest BCUT2D eigenvalue weighted by Crippen LogP contribution is -2.18. The molecule has 0 bridgehead atoms. The summed E-state index contributed by atoms with van der Waals surface area (Å²) in [5.74, 6) is 0.800. The van der Waals surface area contributed by atoms with Crippen molar-refractivity contribution in [2.45, 2.75) is 6.61 Å². The number of hydrogen-bond acceptors (Lipinski definition) is 4. The Kier molecular flexibility index (Phi) is 7.61. The van der Waals surface area contributed by atoms with Gasteiger partial charge >= 0.3 is 0 Å². The van der Waals surface area contributed by atoms with Gasteiger partial charge in [-0.05, 0) is 81.4 Å². The van der Waals surface area contributed by atoms with E-state index in [0.717, 1.165) is 26.4 Å². The summed E-state index contributed by atoms with van der Waals surface area (Å²) >= 11 is 5.75. The molecular formula is C26H20BrIN2O3. The number of carbonyl (C=O) groups excluding carboxylic acids is 1. The molecule has 1 amide bonds. The van der Waals surface area contributed by atoms with Crippen LogP contribution in [0, 0.1) is 3.57 Å². The second-order valence-electron chi connectivity index (χ2n) is 7.20. The first kappa shape index (κ1) is 23.3. The normalized spacial score (nSPS) is 11.0. The second kappa shape index (κ2) is 10.8. The number of ether oxygens (including phenoxy) is 2. The summed E-state index contributed by atoms with van der Waals surface area (Å²) in [6.07, 6.45) is 1.57. The Morgan fingerprint density at radius 3 is 2.45 bits per heavy atom. The van der Waals surface area contributed by atoms with Crippen LogP contribution in [0.3, 0.4) is 0 Å². The van der Waals surface area contributed by atoms with E-state index < -0.39 is 0 Å². The van der Waals surface area contributed by atoms with Crippen LogP contribution in [0.15, 0.2) is 88.4 Å². The van der Waals surface area contributed by atoms with Crippen LogP contribution in [0.25, 0.3) is 10.8 Å². The minimum absolute atomic E-state index is 0.356. The molecular weight excluding hydrogens is 595 g/mol. The maximum Gasteiger partial charge on any atom is 0.275 e.